The summed E-state index contributed by atoms with van der Waals surface area (Å²) in [6, 6.07) is 10.2. The zero-order valence-electron chi connectivity index (χ0n) is 12.8. The Kier molecular flexibility index (Phi) is 5.84. The van der Waals surface area contributed by atoms with Gasteiger partial charge in [0.25, 0.3) is 15.9 Å². The summed E-state index contributed by atoms with van der Waals surface area (Å²) < 4.78 is 25.2. The van der Waals surface area contributed by atoms with E-state index in [0.717, 1.165) is 0 Å². The number of sulfonamides is 1. The molecule has 0 aliphatic rings. The Hall–Kier alpha value is -1.64. The smallest absolute Gasteiger partial charge is 0.264 e. The molecule has 0 radical (unpaired) electrons. The Labute approximate surface area is 149 Å². The van der Waals surface area contributed by atoms with Crippen molar-refractivity contribution in [2.24, 2.45) is 0 Å². The average molecular weight is 389 g/mol. The van der Waals surface area contributed by atoms with Gasteiger partial charge in [-0.3, -0.25) is 9.63 Å². The minimum atomic E-state index is -3.84. The number of rotatable bonds is 5. The van der Waals surface area contributed by atoms with Crippen molar-refractivity contribution < 1.29 is 18.0 Å². The highest BCUT2D eigenvalue weighted by atomic mass is 35.5. The van der Waals surface area contributed by atoms with Gasteiger partial charge in [0, 0.05) is 17.6 Å². The number of benzene rings is 2. The first kappa shape index (κ1) is 18.7. The van der Waals surface area contributed by atoms with Gasteiger partial charge in [0.15, 0.2) is 0 Å². The number of nitrogens with zero attached hydrogens (tertiary/aromatic N) is 1. The second-order valence-corrected chi connectivity index (χ2v) is 7.48. The molecule has 0 heterocycles. The number of amides is 1. The van der Waals surface area contributed by atoms with E-state index in [-0.39, 0.29) is 15.5 Å². The monoisotopic (exact) mass is 388 g/mol. The zero-order valence-corrected chi connectivity index (χ0v) is 15.1. The quantitative estimate of drug-likeness (QED) is 0.796. The highest BCUT2D eigenvalue weighted by Gasteiger charge is 2.22. The Morgan fingerprint density at radius 1 is 1.17 bits per heavy atom. The fourth-order valence-electron chi connectivity index (χ4n) is 1.83. The van der Waals surface area contributed by atoms with Gasteiger partial charge in [-0.2, -0.15) is 0 Å². The Morgan fingerprint density at radius 2 is 1.88 bits per heavy atom. The van der Waals surface area contributed by atoms with E-state index >= 15 is 0 Å². The molecule has 0 fully saturated rings. The summed E-state index contributed by atoms with van der Waals surface area (Å²) in [6.45, 7) is 0. The highest BCUT2D eigenvalue weighted by molar-refractivity contribution is 7.89. The van der Waals surface area contributed by atoms with E-state index in [0.29, 0.717) is 15.2 Å². The molecule has 2 aromatic rings. The van der Waals surface area contributed by atoms with Gasteiger partial charge in [-0.05, 0) is 36.4 Å². The van der Waals surface area contributed by atoms with Crippen LogP contribution in [0, 0.1) is 0 Å². The SMILES string of the molecule is CON(C)S(=O)(=O)c1cccc(C(=O)Nc2ccc(Cl)cc2Cl)c1. The summed E-state index contributed by atoms with van der Waals surface area (Å²) in [5, 5.41) is 3.32. The molecule has 0 saturated carbocycles. The van der Waals surface area contributed by atoms with Gasteiger partial charge in [0.2, 0.25) is 0 Å². The zero-order chi connectivity index (χ0) is 17.9. The van der Waals surface area contributed by atoms with Crippen LogP contribution in [0.3, 0.4) is 0 Å². The summed E-state index contributed by atoms with van der Waals surface area (Å²) in [6.07, 6.45) is 0. The Bertz CT molecular complexity index is 872. The van der Waals surface area contributed by atoms with Crippen molar-refractivity contribution in [3.63, 3.8) is 0 Å². The fraction of sp³-hybridized carbons (Fsp3) is 0.133. The molecule has 2 aromatic carbocycles. The van der Waals surface area contributed by atoms with Crippen LogP contribution in [-0.4, -0.2) is 33.0 Å². The molecule has 24 heavy (non-hydrogen) atoms. The van der Waals surface area contributed by atoms with Gasteiger partial charge in [-0.1, -0.05) is 33.7 Å². The van der Waals surface area contributed by atoms with Gasteiger partial charge in [-0.15, -0.1) is 0 Å². The first-order valence-corrected chi connectivity index (χ1v) is 8.85. The van der Waals surface area contributed by atoms with Crippen LogP contribution in [0.15, 0.2) is 47.4 Å². The average Bonchev–Trinajstić information content (AvgIpc) is 2.56. The molecule has 0 saturated heterocycles. The van der Waals surface area contributed by atoms with E-state index in [4.69, 9.17) is 28.0 Å². The van der Waals surface area contributed by atoms with E-state index in [2.05, 4.69) is 5.32 Å². The molecule has 0 unspecified atom stereocenters. The standard InChI is InChI=1S/C15H14Cl2N2O4S/c1-19(23-2)24(21,22)12-5-3-4-10(8-12)15(20)18-14-7-6-11(16)9-13(14)17/h3-9H,1-2H3,(H,18,20). The van der Waals surface area contributed by atoms with Crippen molar-refractivity contribution in [2.75, 3.05) is 19.5 Å². The Morgan fingerprint density at radius 3 is 2.50 bits per heavy atom. The van der Waals surface area contributed by atoms with Crippen molar-refractivity contribution in [1.29, 1.82) is 0 Å². The molecular formula is C15H14Cl2N2O4S. The van der Waals surface area contributed by atoms with E-state index in [1.165, 1.54) is 44.5 Å². The second-order valence-electron chi connectivity index (χ2n) is 4.70. The molecule has 0 atom stereocenters. The maximum Gasteiger partial charge on any atom is 0.264 e. The van der Waals surface area contributed by atoms with Gasteiger partial charge in [-0.25, -0.2) is 8.42 Å². The van der Waals surface area contributed by atoms with Crippen LogP contribution in [0.25, 0.3) is 0 Å². The molecule has 6 nitrogen and oxygen atoms in total. The normalized spacial score (nSPS) is 11.5. The second kappa shape index (κ2) is 7.50. The summed E-state index contributed by atoms with van der Waals surface area (Å²) in [5.41, 5.74) is 0.528. The van der Waals surface area contributed by atoms with Crippen LogP contribution in [0.4, 0.5) is 5.69 Å². The van der Waals surface area contributed by atoms with E-state index in [1.807, 2.05) is 0 Å². The number of hydrogen-bond acceptors (Lipinski definition) is 4. The predicted octanol–water partition coefficient (Wildman–Crippen LogP) is 3.43. The lowest BCUT2D eigenvalue weighted by atomic mass is 10.2. The van der Waals surface area contributed by atoms with Crippen molar-refractivity contribution in [2.45, 2.75) is 4.90 Å². The Balaban J connectivity index is 2.30. The molecule has 0 aromatic heterocycles. The third kappa shape index (κ3) is 4.06. The molecule has 0 aliphatic carbocycles. The summed E-state index contributed by atoms with van der Waals surface area (Å²) in [4.78, 5) is 17.0. The largest absolute Gasteiger partial charge is 0.321 e. The van der Waals surface area contributed by atoms with Crippen LogP contribution in [0.1, 0.15) is 10.4 Å². The van der Waals surface area contributed by atoms with Gasteiger partial charge >= 0.3 is 0 Å². The van der Waals surface area contributed by atoms with Gasteiger partial charge in [0.1, 0.15) is 0 Å². The minimum absolute atomic E-state index is 0.0679. The molecule has 2 rings (SSSR count). The fourth-order valence-corrected chi connectivity index (χ4v) is 3.31. The van der Waals surface area contributed by atoms with Gasteiger partial charge in [0.05, 0.1) is 22.7 Å². The van der Waals surface area contributed by atoms with E-state index < -0.39 is 15.9 Å². The molecule has 1 N–H and O–H groups in total. The number of hydrogen-bond donors (Lipinski definition) is 1. The summed E-state index contributed by atoms with van der Waals surface area (Å²) in [5.74, 6) is -0.503. The van der Waals surface area contributed by atoms with Crippen LogP contribution in [-0.2, 0) is 14.9 Å². The number of carbonyl (C=O) groups excluding carboxylic acids is 1. The molecule has 0 aliphatic heterocycles. The van der Waals surface area contributed by atoms with Crippen molar-refractivity contribution in [3.05, 3.63) is 58.1 Å². The molecular weight excluding hydrogens is 375 g/mol. The van der Waals surface area contributed by atoms with E-state index in [9.17, 15) is 13.2 Å². The number of hydroxylamine groups is 1. The van der Waals surface area contributed by atoms with Crippen molar-refractivity contribution in [3.8, 4) is 0 Å². The van der Waals surface area contributed by atoms with Crippen LogP contribution in [0.2, 0.25) is 10.0 Å². The number of halogens is 2. The molecule has 0 bridgehead atoms. The summed E-state index contributed by atoms with van der Waals surface area (Å²) >= 11 is 11.8. The first-order valence-electron chi connectivity index (χ1n) is 6.65. The highest BCUT2D eigenvalue weighted by Crippen LogP contribution is 2.26. The summed E-state index contributed by atoms with van der Waals surface area (Å²) in [7, 11) is -1.35. The third-order valence-corrected chi connectivity index (χ3v) is 5.39. The number of nitrogens with one attached hydrogen (secondary N) is 1. The maximum absolute atomic E-state index is 12.3. The van der Waals surface area contributed by atoms with Crippen LogP contribution in [0.5, 0.6) is 0 Å². The third-order valence-electron chi connectivity index (χ3n) is 3.17. The predicted molar refractivity (Wildman–Crippen MR) is 92.8 cm³/mol. The van der Waals surface area contributed by atoms with Crippen LogP contribution < -0.4 is 5.32 Å². The van der Waals surface area contributed by atoms with Crippen LogP contribution >= 0.6 is 23.2 Å². The number of carbonyl (C=O) groups is 1. The lowest BCUT2D eigenvalue weighted by Crippen LogP contribution is -2.26. The first-order chi connectivity index (χ1) is 11.3. The maximum atomic E-state index is 12.3. The van der Waals surface area contributed by atoms with E-state index in [1.54, 1.807) is 12.1 Å². The molecule has 128 valence electrons. The van der Waals surface area contributed by atoms with Gasteiger partial charge < -0.3 is 5.32 Å². The molecule has 0 spiro atoms. The lowest BCUT2D eigenvalue weighted by molar-refractivity contribution is -0.0258. The topological polar surface area (TPSA) is 75.7 Å². The van der Waals surface area contributed by atoms with Crippen molar-refractivity contribution in [1.82, 2.24) is 4.47 Å². The van der Waals surface area contributed by atoms with Crippen molar-refractivity contribution >= 4 is 44.8 Å². The number of anilines is 1. The molecule has 1 amide bonds. The minimum Gasteiger partial charge on any atom is -0.321 e. The molecule has 9 heteroatoms. The lowest BCUT2D eigenvalue weighted by Gasteiger charge is -2.14.